The Bertz CT molecular complexity index is 281. The SMILES string of the molecule is Ic1ccc(NC2CCNCC2)nn1. The molecule has 0 saturated carbocycles. The second kappa shape index (κ2) is 4.88. The molecule has 0 amide bonds. The third kappa shape index (κ3) is 2.78. The van der Waals surface area contributed by atoms with Gasteiger partial charge in [0.25, 0.3) is 0 Å². The minimum absolute atomic E-state index is 0.547. The standard InChI is InChI=1S/C9H13IN4/c10-8-1-2-9(14-13-8)12-7-3-5-11-6-4-7/h1-2,7,11H,3-6H2,(H,12,14). The molecule has 0 aromatic carbocycles. The molecule has 0 unspecified atom stereocenters. The highest BCUT2D eigenvalue weighted by Crippen LogP contribution is 2.10. The van der Waals surface area contributed by atoms with Gasteiger partial charge in [0.15, 0.2) is 0 Å². The highest BCUT2D eigenvalue weighted by Gasteiger charge is 2.12. The maximum atomic E-state index is 4.08. The predicted octanol–water partition coefficient (Wildman–Crippen LogP) is 1.25. The van der Waals surface area contributed by atoms with Gasteiger partial charge in [0.05, 0.1) is 0 Å². The Hall–Kier alpha value is -0.430. The summed E-state index contributed by atoms with van der Waals surface area (Å²) < 4.78 is 0.929. The van der Waals surface area contributed by atoms with Crippen LogP contribution in [0.3, 0.4) is 0 Å². The van der Waals surface area contributed by atoms with Crippen molar-refractivity contribution >= 4 is 28.4 Å². The minimum Gasteiger partial charge on any atom is -0.366 e. The largest absolute Gasteiger partial charge is 0.366 e. The third-order valence-electron chi connectivity index (χ3n) is 2.32. The van der Waals surface area contributed by atoms with Gasteiger partial charge in [-0.3, -0.25) is 0 Å². The van der Waals surface area contributed by atoms with E-state index in [1.807, 2.05) is 12.1 Å². The Kier molecular flexibility index (Phi) is 3.52. The summed E-state index contributed by atoms with van der Waals surface area (Å²) in [4.78, 5) is 0. The lowest BCUT2D eigenvalue weighted by molar-refractivity contribution is 0.478. The Balaban J connectivity index is 1.92. The van der Waals surface area contributed by atoms with Crippen LogP contribution in [0.5, 0.6) is 0 Å². The predicted molar refractivity (Wildman–Crippen MR) is 64.3 cm³/mol. The average Bonchev–Trinajstić information content (AvgIpc) is 2.23. The molecular formula is C9H13IN4. The smallest absolute Gasteiger partial charge is 0.148 e. The van der Waals surface area contributed by atoms with E-state index in [2.05, 4.69) is 43.4 Å². The first kappa shape index (κ1) is 10.1. The van der Waals surface area contributed by atoms with Gasteiger partial charge in [-0.15, -0.1) is 10.2 Å². The summed E-state index contributed by atoms with van der Waals surface area (Å²) in [5, 5.41) is 14.8. The lowest BCUT2D eigenvalue weighted by atomic mass is 10.1. The lowest BCUT2D eigenvalue weighted by Crippen LogP contribution is -2.35. The molecule has 4 nitrogen and oxygen atoms in total. The number of halogens is 1. The van der Waals surface area contributed by atoms with E-state index >= 15 is 0 Å². The van der Waals surface area contributed by atoms with Crippen molar-refractivity contribution in [3.63, 3.8) is 0 Å². The molecule has 0 spiro atoms. The van der Waals surface area contributed by atoms with Crippen LogP contribution in [0.4, 0.5) is 5.82 Å². The van der Waals surface area contributed by atoms with Crippen LogP contribution < -0.4 is 10.6 Å². The molecule has 5 heteroatoms. The van der Waals surface area contributed by atoms with Gasteiger partial charge < -0.3 is 10.6 Å². The summed E-state index contributed by atoms with van der Waals surface area (Å²) in [7, 11) is 0. The third-order valence-corrected chi connectivity index (χ3v) is 2.90. The first-order valence-corrected chi connectivity index (χ1v) is 5.89. The maximum Gasteiger partial charge on any atom is 0.148 e. The number of nitrogens with one attached hydrogen (secondary N) is 2. The molecule has 1 aromatic heterocycles. The van der Waals surface area contributed by atoms with E-state index in [9.17, 15) is 0 Å². The summed E-state index contributed by atoms with van der Waals surface area (Å²) in [5.41, 5.74) is 0. The van der Waals surface area contributed by atoms with E-state index in [-0.39, 0.29) is 0 Å². The first-order chi connectivity index (χ1) is 6.84. The van der Waals surface area contributed by atoms with Crippen molar-refractivity contribution in [2.45, 2.75) is 18.9 Å². The van der Waals surface area contributed by atoms with Crippen LogP contribution in [-0.2, 0) is 0 Å². The Labute approximate surface area is 97.0 Å². The summed E-state index contributed by atoms with van der Waals surface area (Å²) >= 11 is 2.16. The highest BCUT2D eigenvalue weighted by molar-refractivity contribution is 14.1. The number of hydrogen-bond donors (Lipinski definition) is 2. The summed E-state index contributed by atoms with van der Waals surface area (Å²) in [6, 6.07) is 4.50. The van der Waals surface area contributed by atoms with Gasteiger partial charge in [0, 0.05) is 6.04 Å². The number of rotatable bonds is 2. The van der Waals surface area contributed by atoms with E-state index in [4.69, 9.17) is 0 Å². The quantitative estimate of drug-likeness (QED) is 0.807. The normalized spacial score (nSPS) is 18.1. The number of piperidine rings is 1. The zero-order valence-corrected chi connectivity index (χ0v) is 9.99. The van der Waals surface area contributed by atoms with Crippen molar-refractivity contribution in [1.29, 1.82) is 0 Å². The van der Waals surface area contributed by atoms with Crippen LogP contribution in [0.25, 0.3) is 0 Å². The van der Waals surface area contributed by atoms with Gasteiger partial charge in [-0.1, -0.05) is 0 Å². The molecule has 1 saturated heterocycles. The molecule has 0 radical (unpaired) electrons. The van der Waals surface area contributed by atoms with Gasteiger partial charge in [-0.2, -0.15) is 0 Å². The monoisotopic (exact) mass is 304 g/mol. The summed E-state index contributed by atoms with van der Waals surface area (Å²) in [5.74, 6) is 0.886. The van der Waals surface area contributed by atoms with Gasteiger partial charge in [-0.05, 0) is 60.7 Å². The van der Waals surface area contributed by atoms with Gasteiger partial charge in [0.1, 0.15) is 9.52 Å². The first-order valence-electron chi connectivity index (χ1n) is 4.81. The minimum atomic E-state index is 0.547. The molecule has 0 bridgehead atoms. The van der Waals surface area contributed by atoms with Crippen molar-refractivity contribution in [1.82, 2.24) is 15.5 Å². The molecule has 1 aliphatic rings. The number of anilines is 1. The summed E-state index contributed by atoms with van der Waals surface area (Å²) in [6.07, 6.45) is 2.32. The van der Waals surface area contributed by atoms with Crippen LogP contribution in [0.2, 0.25) is 0 Å². The molecule has 1 aromatic rings. The van der Waals surface area contributed by atoms with E-state index in [0.29, 0.717) is 6.04 Å². The van der Waals surface area contributed by atoms with Crippen LogP contribution in [0.1, 0.15) is 12.8 Å². The van der Waals surface area contributed by atoms with Crippen LogP contribution in [-0.4, -0.2) is 29.3 Å². The molecule has 76 valence electrons. The number of nitrogens with zero attached hydrogens (tertiary/aromatic N) is 2. The van der Waals surface area contributed by atoms with E-state index in [0.717, 1.165) is 35.4 Å². The van der Waals surface area contributed by atoms with Crippen molar-refractivity contribution in [2.24, 2.45) is 0 Å². The summed E-state index contributed by atoms with van der Waals surface area (Å²) in [6.45, 7) is 2.19. The number of aromatic nitrogens is 2. The fourth-order valence-electron chi connectivity index (χ4n) is 1.57. The molecule has 2 N–H and O–H groups in total. The topological polar surface area (TPSA) is 49.8 Å². The molecule has 2 rings (SSSR count). The zero-order valence-electron chi connectivity index (χ0n) is 7.83. The highest BCUT2D eigenvalue weighted by atomic mass is 127. The fraction of sp³-hybridized carbons (Fsp3) is 0.556. The average molecular weight is 304 g/mol. The lowest BCUT2D eigenvalue weighted by Gasteiger charge is -2.23. The van der Waals surface area contributed by atoms with Crippen LogP contribution in [0, 0.1) is 3.70 Å². The van der Waals surface area contributed by atoms with Crippen molar-refractivity contribution < 1.29 is 0 Å². The molecule has 0 aliphatic carbocycles. The molecule has 1 aliphatic heterocycles. The molecular weight excluding hydrogens is 291 g/mol. The second-order valence-electron chi connectivity index (χ2n) is 3.41. The van der Waals surface area contributed by atoms with E-state index in [1.165, 1.54) is 0 Å². The van der Waals surface area contributed by atoms with E-state index in [1.54, 1.807) is 0 Å². The van der Waals surface area contributed by atoms with Crippen molar-refractivity contribution in [2.75, 3.05) is 18.4 Å². The van der Waals surface area contributed by atoms with E-state index < -0.39 is 0 Å². The van der Waals surface area contributed by atoms with Crippen LogP contribution >= 0.6 is 22.6 Å². The Morgan fingerprint density at radius 3 is 2.71 bits per heavy atom. The zero-order chi connectivity index (χ0) is 9.80. The Morgan fingerprint density at radius 2 is 2.07 bits per heavy atom. The van der Waals surface area contributed by atoms with Gasteiger partial charge in [0.2, 0.25) is 0 Å². The van der Waals surface area contributed by atoms with Gasteiger partial charge >= 0.3 is 0 Å². The molecule has 0 atom stereocenters. The number of hydrogen-bond acceptors (Lipinski definition) is 4. The van der Waals surface area contributed by atoms with Gasteiger partial charge in [-0.25, -0.2) is 0 Å². The molecule has 1 fully saturated rings. The van der Waals surface area contributed by atoms with Crippen molar-refractivity contribution in [3.05, 3.63) is 15.8 Å². The Morgan fingerprint density at radius 1 is 1.29 bits per heavy atom. The van der Waals surface area contributed by atoms with Crippen LogP contribution in [0.15, 0.2) is 12.1 Å². The molecule has 2 heterocycles. The second-order valence-corrected chi connectivity index (χ2v) is 4.52. The molecule has 14 heavy (non-hydrogen) atoms. The maximum absolute atomic E-state index is 4.08. The van der Waals surface area contributed by atoms with Crippen molar-refractivity contribution in [3.8, 4) is 0 Å². The fourth-order valence-corrected chi connectivity index (χ4v) is 1.86.